The predicted molar refractivity (Wildman–Crippen MR) is 77.2 cm³/mol. The Morgan fingerprint density at radius 3 is 1.79 bits per heavy atom. The Hall–Kier alpha value is -1.44. The van der Waals surface area contributed by atoms with E-state index < -0.39 is 0 Å². The van der Waals surface area contributed by atoms with Crippen LogP contribution in [0.15, 0.2) is 8.95 Å². The molecule has 5 nitrogen and oxygen atoms in total. The maximum Gasteiger partial charge on any atom is 0.130 e. The van der Waals surface area contributed by atoms with E-state index in [4.69, 9.17) is 10.5 Å². The first kappa shape index (κ1) is 14.0. The smallest absolute Gasteiger partial charge is 0.130 e. The lowest BCUT2D eigenvalue weighted by molar-refractivity contribution is 0.442. The first-order valence-corrected chi connectivity index (χ1v) is 7.14. The molecule has 19 heavy (non-hydrogen) atoms. The molecule has 1 aromatic carbocycles. The molecule has 0 saturated carbocycles. The van der Waals surface area contributed by atoms with Crippen molar-refractivity contribution < 1.29 is 0 Å². The van der Waals surface area contributed by atoms with Gasteiger partial charge in [0.1, 0.15) is 23.2 Å². The average molecular weight is 383 g/mol. The molecular weight excluding hydrogens is 374 g/mol. The zero-order chi connectivity index (χ0) is 14.2. The van der Waals surface area contributed by atoms with Gasteiger partial charge >= 0.3 is 0 Å². The maximum atomic E-state index is 9.16. The van der Waals surface area contributed by atoms with E-state index in [-0.39, 0.29) is 11.1 Å². The molecule has 0 aliphatic carbocycles. The summed E-state index contributed by atoms with van der Waals surface area (Å²) in [5, 5.41) is 27.0. The van der Waals surface area contributed by atoms with Crippen molar-refractivity contribution in [3.05, 3.63) is 20.1 Å². The highest BCUT2D eigenvalue weighted by atomic mass is 79.9. The van der Waals surface area contributed by atoms with Crippen LogP contribution in [0.4, 0.5) is 0 Å². The second kappa shape index (κ2) is 5.28. The fourth-order valence-electron chi connectivity index (χ4n) is 1.72. The van der Waals surface area contributed by atoms with E-state index in [1.807, 2.05) is 12.1 Å². The third-order valence-electron chi connectivity index (χ3n) is 2.51. The van der Waals surface area contributed by atoms with E-state index in [1.54, 1.807) is 4.80 Å². The van der Waals surface area contributed by atoms with E-state index in [2.05, 4.69) is 55.9 Å². The summed E-state index contributed by atoms with van der Waals surface area (Å²) in [7, 11) is 0. The van der Waals surface area contributed by atoms with Crippen molar-refractivity contribution >= 4 is 42.9 Å². The van der Waals surface area contributed by atoms with Gasteiger partial charge in [0.15, 0.2) is 0 Å². The fraction of sp³-hybridized carbons (Fsp3) is 0.333. The van der Waals surface area contributed by atoms with Crippen LogP contribution < -0.4 is 0 Å². The number of hydrogen-bond acceptors (Lipinski definition) is 4. The Morgan fingerprint density at radius 2 is 1.47 bits per heavy atom. The summed E-state index contributed by atoms with van der Waals surface area (Å²) in [5.41, 5.74) is 1.73. The summed E-state index contributed by atoms with van der Waals surface area (Å²) < 4.78 is 1.03. The summed E-state index contributed by atoms with van der Waals surface area (Å²) in [6.45, 7) is 4.82. The van der Waals surface area contributed by atoms with Gasteiger partial charge in [-0.25, -0.2) is 0 Å². The number of nitrogens with zero attached hydrogens (tertiary/aromatic N) is 5. The Morgan fingerprint density at radius 1 is 1.05 bits per heavy atom. The lowest BCUT2D eigenvalue weighted by Crippen LogP contribution is -2.07. The van der Waals surface area contributed by atoms with Crippen molar-refractivity contribution in [1.29, 1.82) is 10.5 Å². The third kappa shape index (κ3) is 2.36. The van der Waals surface area contributed by atoms with Gasteiger partial charge in [-0.3, -0.25) is 0 Å². The van der Waals surface area contributed by atoms with Crippen LogP contribution in [0, 0.1) is 28.6 Å². The van der Waals surface area contributed by atoms with Crippen molar-refractivity contribution in [2.75, 3.05) is 0 Å². The molecule has 1 heterocycles. The van der Waals surface area contributed by atoms with Crippen LogP contribution in [0.1, 0.15) is 25.0 Å². The molecule has 0 unspecified atom stereocenters. The van der Waals surface area contributed by atoms with Crippen molar-refractivity contribution in [3.8, 4) is 12.1 Å². The molecule has 1 aromatic heterocycles. The minimum Gasteiger partial charge on any atom is -0.192 e. The zero-order valence-electron chi connectivity index (χ0n) is 10.3. The van der Waals surface area contributed by atoms with E-state index in [0.717, 1.165) is 0 Å². The van der Waals surface area contributed by atoms with Gasteiger partial charge < -0.3 is 0 Å². The lowest BCUT2D eigenvalue weighted by atomic mass is 10.1. The van der Waals surface area contributed by atoms with E-state index in [9.17, 15) is 0 Å². The van der Waals surface area contributed by atoms with Gasteiger partial charge in [-0.1, -0.05) is 13.8 Å². The molecule has 2 rings (SSSR count). The predicted octanol–water partition coefficient (Wildman–Crippen LogP) is 3.36. The van der Waals surface area contributed by atoms with Crippen LogP contribution in [-0.4, -0.2) is 15.0 Å². The third-order valence-corrected chi connectivity index (χ3v) is 4.06. The number of halogens is 2. The second-order valence-electron chi connectivity index (χ2n) is 4.45. The minimum atomic E-state index is 0.276. The highest BCUT2D eigenvalue weighted by Gasteiger charge is 2.20. The standard InChI is InChI=1S/C12H9Br2N5/c1-6(2)5-19-17-11-9(13)7(3-15)8(4-16)10(14)12(11)18-19/h6H,5H2,1-2H3. The summed E-state index contributed by atoms with van der Waals surface area (Å²) in [5.74, 6) is 0.408. The first-order chi connectivity index (χ1) is 8.99. The highest BCUT2D eigenvalue weighted by molar-refractivity contribution is 9.11. The van der Waals surface area contributed by atoms with Gasteiger partial charge in [-0.05, 0) is 37.8 Å². The Balaban J connectivity index is 2.79. The van der Waals surface area contributed by atoms with Crippen molar-refractivity contribution in [2.45, 2.75) is 20.4 Å². The molecule has 0 radical (unpaired) electrons. The molecule has 2 aromatic rings. The van der Waals surface area contributed by atoms with E-state index in [0.29, 0.717) is 32.4 Å². The van der Waals surface area contributed by atoms with Gasteiger partial charge in [0, 0.05) is 0 Å². The second-order valence-corrected chi connectivity index (χ2v) is 6.03. The molecule has 0 bridgehead atoms. The molecule has 0 fully saturated rings. The van der Waals surface area contributed by atoms with Gasteiger partial charge in [-0.2, -0.15) is 25.5 Å². The average Bonchev–Trinajstić information content (AvgIpc) is 2.76. The molecular formula is C12H9Br2N5. The number of benzene rings is 1. The topological polar surface area (TPSA) is 78.3 Å². The summed E-state index contributed by atoms with van der Waals surface area (Å²) in [6.07, 6.45) is 0. The number of aromatic nitrogens is 3. The van der Waals surface area contributed by atoms with Gasteiger partial charge in [-0.15, -0.1) is 0 Å². The van der Waals surface area contributed by atoms with Crippen LogP contribution in [0.3, 0.4) is 0 Å². The quantitative estimate of drug-likeness (QED) is 0.797. The van der Waals surface area contributed by atoms with Gasteiger partial charge in [0.25, 0.3) is 0 Å². The molecule has 0 amide bonds. The van der Waals surface area contributed by atoms with Crippen LogP contribution in [0.25, 0.3) is 11.0 Å². The molecule has 0 N–H and O–H groups in total. The lowest BCUT2D eigenvalue weighted by Gasteiger charge is -2.01. The summed E-state index contributed by atoms with van der Waals surface area (Å²) >= 11 is 6.67. The molecule has 7 heteroatoms. The maximum absolute atomic E-state index is 9.16. The van der Waals surface area contributed by atoms with Crippen LogP contribution in [0.2, 0.25) is 0 Å². The van der Waals surface area contributed by atoms with E-state index in [1.165, 1.54) is 0 Å². The van der Waals surface area contributed by atoms with Gasteiger partial charge in [0.2, 0.25) is 0 Å². The molecule has 96 valence electrons. The SMILES string of the molecule is CC(C)Cn1nc2c(Br)c(C#N)c(C#N)c(Br)c2n1. The first-order valence-electron chi connectivity index (χ1n) is 5.55. The Labute approximate surface area is 127 Å². The number of nitriles is 2. The zero-order valence-corrected chi connectivity index (χ0v) is 13.4. The monoisotopic (exact) mass is 381 g/mol. The molecule has 0 aliphatic rings. The number of rotatable bonds is 2. The van der Waals surface area contributed by atoms with Crippen molar-refractivity contribution in [2.24, 2.45) is 5.92 Å². The van der Waals surface area contributed by atoms with Crippen LogP contribution in [0.5, 0.6) is 0 Å². The number of hydrogen-bond donors (Lipinski definition) is 0. The molecule has 0 aliphatic heterocycles. The molecule has 0 saturated heterocycles. The summed E-state index contributed by atoms with van der Waals surface area (Å²) in [4.78, 5) is 1.59. The minimum absolute atomic E-state index is 0.276. The number of fused-ring (bicyclic) bond motifs is 1. The highest BCUT2D eigenvalue weighted by Crippen LogP contribution is 2.35. The van der Waals surface area contributed by atoms with Crippen molar-refractivity contribution in [3.63, 3.8) is 0 Å². The largest absolute Gasteiger partial charge is 0.192 e. The Bertz CT molecular complexity index is 676. The van der Waals surface area contributed by atoms with Gasteiger partial charge in [0.05, 0.1) is 26.6 Å². The molecule has 0 spiro atoms. The normalized spacial score (nSPS) is 10.7. The van der Waals surface area contributed by atoms with Crippen molar-refractivity contribution in [1.82, 2.24) is 15.0 Å². The fourth-order valence-corrected chi connectivity index (χ4v) is 2.83. The molecule has 0 atom stereocenters. The van der Waals surface area contributed by atoms with E-state index >= 15 is 0 Å². The van der Waals surface area contributed by atoms with Crippen LogP contribution >= 0.6 is 31.9 Å². The summed E-state index contributed by atoms with van der Waals surface area (Å²) in [6, 6.07) is 4.04. The van der Waals surface area contributed by atoms with Crippen LogP contribution in [-0.2, 0) is 6.54 Å². The Kier molecular flexibility index (Phi) is 3.88.